The SMILES string of the molecule is Cc1cc(OCCCCCN)c(C)cc1OCCCCN. The molecular formula is C17H30N2O2. The molecule has 0 bridgehead atoms. The van der Waals surface area contributed by atoms with Crippen molar-refractivity contribution in [2.45, 2.75) is 46.0 Å². The molecule has 0 aliphatic rings. The Labute approximate surface area is 128 Å². The largest absolute Gasteiger partial charge is 0.493 e. The Hall–Kier alpha value is -1.26. The summed E-state index contributed by atoms with van der Waals surface area (Å²) in [5.41, 5.74) is 13.2. The van der Waals surface area contributed by atoms with E-state index in [4.69, 9.17) is 20.9 Å². The first-order chi connectivity index (χ1) is 10.2. The highest BCUT2D eigenvalue weighted by Gasteiger charge is 2.06. The molecule has 0 fully saturated rings. The van der Waals surface area contributed by atoms with E-state index in [2.05, 4.69) is 26.0 Å². The van der Waals surface area contributed by atoms with Gasteiger partial charge in [0.25, 0.3) is 0 Å². The molecule has 4 N–H and O–H groups in total. The normalized spacial score (nSPS) is 10.7. The van der Waals surface area contributed by atoms with Crippen LogP contribution in [0.1, 0.15) is 43.2 Å². The number of benzene rings is 1. The molecule has 0 aromatic heterocycles. The molecule has 4 nitrogen and oxygen atoms in total. The van der Waals surface area contributed by atoms with Crippen molar-refractivity contribution in [3.8, 4) is 11.5 Å². The molecule has 0 aliphatic carbocycles. The van der Waals surface area contributed by atoms with Crippen LogP contribution in [0.5, 0.6) is 11.5 Å². The summed E-state index contributed by atoms with van der Waals surface area (Å²) in [5.74, 6) is 1.90. The van der Waals surface area contributed by atoms with Gasteiger partial charge in [0.2, 0.25) is 0 Å². The van der Waals surface area contributed by atoms with E-state index >= 15 is 0 Å². The Morgan fingerprint density at radius 2 is 1.14 bits per heavy atom. The van der Waals surface area contributed by atoms with Crippen LogP contribution < -0.4 is 20.9 Å². The van der Waals surface area contributed by atoms with Gasteiger partial charge >= 0.3 is 0 Å². The van der Waals surface area contributed by atoms with Gasteiger partial charge in [0, 0.05) is 0 Å². The second kappa shape index (κ2) is 10.5. The minimum absolute atomic E-state index is 0.719. The summed E-state index contributed by atoms with van der Waals surface area (Å²) in [6.45, 7) is 7.06. The zero-order chi connectivity index (χ0) is 15.5. The summed E-state index contributed by atoms with van der Waals surface area (Å²) in [7, 11) is 0. The second-order valence-electron chi connectivity index (χ2n) is 5.43. The molecule has 0 aliphatic heterocycles. The van der Waals surface area contributed by atoms with Gasteiger partial charge in [-0.3, -0.25) is 0 Å². The van der Waals surface area contributed by atoms with Crippen molar-refractivity contribution in [2.75, 3.05) is 26.3 Å². The summed E-state index contributed by atoms with van der Waals surface area (Å²) >= 11 is 0. The highest BCUT2D eigenvalue weighted by molar-refractivity contribution is 5.45. The first kappa shape index (κ1) is 17.8. The zero-order valence-electron chi connectivity index (χ0n) is 13.5. The topological polar surface area (TPSA) is 70.5 Å². The molecule has 0 saturated carbocycles. The fourth-order valence-electron chi connectivity index (χ4n) is 2.11. The molecule has 0 atom stereocenters. The van der Waals surface area contributed by atoms with Crippen LogP contribution in [0.2, 0.25) is 0 Å². The van der Waals surface area contributed by atoms with Crippen LogP contribution in [0.3, 0.4) is 0 Å². The average molecular weight is 294 g/mol. The Morgan fingerprint density at radius 3 is 1.62 bits per heavy atom. The fourth-order valence-corrected chi connectivity index (χ4v) is 2.11. The number of hydrogen-bond acceptors (Lipinski definition) is 4. The van der Waals surface area contributed by atoms with Crippen molar-refractivity contribution in [3.63, 3.8) is 0 Å². The van der Waals surface area contributed by atoms with Crippen molar-refractivity contribution in [3.05, 3.63) is 23.3 Å². The Bertz CT molecular complexity index is 408. The van der Waals surface area contributed by atoms with E-state index in [0.29, 0.717) is 0 Å². The van der Waals surface area contributed by atoms with E-state index in [0.717, 1.165) is 81.0 Å². The van der Waals surface area contributed by atoms with E-state index < -0.39 is 0 Å². The quantitative estimate of drug-likeness (QED) is 0.616. The lowest BCUT2D eigenvalue weighted by atomic mass is 10.1. The summed E-state index contributed by atoms with van der Waals surface area (Å²) in [6, 6.07) is 4.13. The van der Waals surface area contributed by atoms with Gasteiger partial charge in [-0.15, -0.1) is 0 Å². The number of hydrogen-bond donors (Lipinski definition) is 2. The van der Waals surface area contributed by atoms with Crippen LogP contribution in [-0.2, 0) is 0 Å². The average Bonchev–Trinajstić information content (AvgIpc) is 2.47. The van der Waals surface area contributed by atoms with Crippen LogP contribution in [-0.4, -0.2) is 26.3 Å². The van der Waals surface area contributed by atoms with Gasteiger partial charge in [0.1, 0.15) is 11.5 Å². The minimum atomic E-state index is 0.719. The molecule has 1 rings (SSSR count). The number of ether oxygens (including phenoxy) is 2. The van der Waals surface area contributed by atoms with Crippen LogP contribution in [0, 0.1) is 13.8 Å². The molecule has 0 saturated heterocycles. The predicted octanol–water partition coefficient (Wildman–Crippen LogP) is 2.93. The van der Waals surface area contributed by atoms with Gasteiger partial charge in [0.05, 0.1) is 13.2 Å². The van der Waals surface area contributed by atoms with Crippen molar-refractivity contribution < 1.29 is 9.47 Å². The molecule has 0 radical (unpaired) electrons. The monoisotopic (exact) mass is 294 g/mol. The van der Waals surface area contributed by atoms with E-state index in [1.54, 1.807) is 0 Å². The lowest BCUT2D eigenvalue weighted by molar-refractivity contribution is 0.295. The summed E-state index contributed by atoms with van der Waals surface area (Å²) < 4.78 is 11.7. The lowest BCUT2D eigenvalue weighted by Gasteiger charge is -2.14. The van der Waals surface area contributed by atoms with Crippen molar-refractivity contribution in [2.24, 2.45) is 11.5 Å². The predicted molar refractivity (Wildman–Crippen MR) is 88.1 cm³/mol. The molecule has 4 heteroatoms. The third kappa shape index (κ3) is 6.82. The van der Waals surface area contributed by atoms with Gasteiger partial charge < -0.3 is 20.9 Å². The molecule has 120 valence electrons. The maximum atomic E-state index is 5.85. The van der Waals surface area contributed by atoms with Gasteiger partial charge in [0.15, 0.2) is 0 Å². The van der Waals surface area contributed by atoms with E-state index in [9.17, 15) is 0 Å². The zero-order valence-corrected chi connectivity index (χ0v) is 13.5. The van der Waals surface area contributed by atoms with Gasteiger partial charge in [-0.2, -0.15) is 0 Å². The van der Waals surface area contributed by atoms with Crippen LogP contribution in [0.15, 0.2) is 12.1 Å². The second-order valence-corrected chi connectivity index (χ2v) is 5.43. The Morgan fingerprint density at radius 1 is 0.714 bits per heavy atom. The van der Waals surface area contributed by atoms with Gasteiger partial charge in [-0.25, -0.2) is 0 Å². The number of rotatable bonds is 11. The summed E-state index contributed by atoms with van der Waals surface area (Å²) in [6.07, 6.45) is 5.23. The first-order valence-corrected chi connectivity index (χ1v) is 7.96. The highest BCUT2D eigenvalue weighted by atomic mass is 16.5. The van der Waals surface area contributed by atoms with Crippen molar-refractivity contribution in [1.29, 1.82) is 0 Å². The lowest BCUT2D eigenvalue weighted by Crippen LogP contribution is -2.05. The van der Waals surface area contributed by atoms with Gasteiger partial charge in [-0.1, -0.05) is 0 Å². The van der Waals surface area contributed by atoms with Gasteiger partial charge in [-0.05, 0) is 82.3 Å². The molecular weight excluding hydrogens is 264 g/mol. The summed E-state index contributed by atoms with van der Waals surface area (Å²) in [4.78, 5) is 0. The molecule has 0 spiro atoms. The third-order valence-corrected chi connectivity index (χ3v) is 3.43. The Balaban J connectivity index is 2.46. The van der Waals surface area contributed by atoms with Crippen molar-refractivity contribution >= 4 is 0 Å². The van der Waals surface area contributed by atoms with E-state index in [1.165, 1.54) is 0 Å². The molecule has 1 aromatic carbocycles. The van der Waals surface area contributed by atoms with E-state index in [-0.39, 0.29) is 0 Å². The summed E-state index contributed by atoms with van der Waals surface area (Å²) in [5, 5.41) is 0. The van der Waals surface area contributed by atoms with Crippen LogP contribution >= 0.6 is 0 Å². The van der Waals surface area contributed by atoms with Crippen LogP contribution in [0.25, 0.3) is 0 Å². The highest BCUT2D eigenvalue weighted by Crippen LogP contribution is 2.28. The maximum absolute atomic E-state index is 5.85. The number of unbranched alkanes of at least 4 members (excludes halogenated alkanes) is 3. The molecule has 21 heavy (non-hydrogen) atoms. The standard InChI is InChI=1S/C17H30N2O2/c1-14-13-17(21-11-7-5-9-19)15(2)12-16(14)20-10-6-3-4-8-18/h12-13H,3-11,18-19H2,1-2H3. The molecule has 0 unspecified atom stereocenters. The number of aryl methyl sites for hydroxylation is 2. The van der Waals surface area contributed by atoms with Crippen molar-refractivity contribution in [1.82, 2.24) is 0 Å². The first-order valence-electron chi connectivity index (χ1n) is 7.96. The van der Waals surface area contributed by atoms with E-state index in [1.807, 2.05) is 0 Å². The molecule has 0 heterocycles. The fraction of sp³-hybridized carbons (Fsp3) is 0.647. The number of nitrogens with two attached hydrogens (primary N) is 2. The minimum Gasteiger partial charge on any atom is -0.493 e. The Kier molecular flexibility index (Phi) is 8.87. The maximum Gasteiger partial charge on any atom is 0.122 e. The smallest absolute Gasteiger partial charge is 0.122 e. The molecule has 0 amide bonds. The third-order valence-electron chi connectivity index (χ3n) is 3.43. The van der Waals surface area contributed by atoms with Crippen LogP contribution in [0.4, 0.5) is 0 Å². The molecule has 1 aromatic rings.